The van der Waals surface area contributed by atoms with Crippen LogP contribution in [0.4, 0.5) is 0 Å². The minimum absolute atomic E-state index is 0.271. The fourth-order valence-corrected chi connectivity index (χ4v) is 2.02. The van der Waals surface area contributed by atoms with Crippen molar-refractivity contribution in [3.05, 3.63) is 50.6 Å². The van der Waals surface area contributed by atoms with E-state index >= 15 is 0 Å². The minimum Gasteiger partial charge on any atom is -0.421 e. The second-order valence-electron chi connectivity index (χ2n) is 2.94. The average molecular weight is 273 g/mol. The van der Waals surface area contributed by atoms with Crippen LogP contribution in [0.25, 0.3) is 0 Å². The molecule has 1 aromatic carbocycles. The number of carbonyl (C=O) groups excluding carboxylic acids is 1. The summed E-state index contributed by atoms with van der Waals surface area (Å²) in [5.74, 6) is -0.160. The van der Waals surface area contributed by atoms with Crippen molar-refractivity contribution in [1.29, 1.82) is 0 Å². The third-order valence-electron chi connectivity index (χ3n) is 1.82. The summed E-state index contributed by atoms with van der Waals surface area (Å²) < 4.78 is 5.13. The van der Waals surface area contributed by atoms with E-state index in [0.29, 0.717) is 14.9 Å². The van der Waals surface area contributed by atoms with Gasteiger partial charge in [-0.25, -0.2) is 4.79 Å². The van der Waals surface area contributed by atoms with Crippen molar-refractivity contribution in [2.75, 3.05) is 0 Å². The lowest BCUT2D eigenvalue weighted by molar-refractivity contribution is 0.0740. The SMILES string of the molecule is O=C(Oc1cc(Cl)ccc1Cl)c1cccs1. The van der Waals surface area contributed by atoms with E-state index in [0.717, 1.165) is 0 Å². The number of benzene rings is 1. The summed E-state index contributed by atoms with van der Waals surface area (Å²) >= 11 is 13.0. The van der Waals surface area contributed by atoms with Gasteiger partial charge in [0.05, 0.1) is 5.02 Å². The van der Waals surface area contributed by atoms with E-state index in [-0.39, 0.29) is 5.75 Å². The van der Waals surface area contributed by atoms with Crippen molar-refractivity contribution < 1.29 is 9.53 Å². The molecule has 0 atom stereocenters. The molecule has 2 nitrogen and oxygen atoms in total. The van der Waals surface area contributed by atoms with Crippen molar-refractivity contribution in [1.82, 2.24) is 0 Å². The number of esters is 1. The molecular formula is C11H6Cl2O2S. The fourth-order valence-electron chi connectivity index (χ4n) is 1.10. The summed E-state index contributed by atoms with van der Waals surface area (Å²) in [5, 5.41) is 2.63. The number of carbonyl (C=O) groups is 1. The van der Waals surface area contributed by atoms with Gasteiger partial charge in [0.2, 0.25) is 0 Å². The summed E-state index contributed by atoms with van der Waals surface area (Å²) in [6.07, 6.45) is 0. The standard InChI is InChI=1S/C11H6Cl2O2S/c12-7-3-4-8(13)9(6-7)15-11(14)10-2-1-5-16-10/h1-6H. The Morgan fingerprint density at radius 2 is 2.06 bits per heavy atom. The lowest BCUT2D eigenvalue weighted by Gasteiger charge is -2.04. The van der Waals surface area contributed by atoms with E-state index in [9.17, 15) is 4.79 Å². The molecule has 0 aliphatic carbocycles. The highest BCUT2D eigenvalue weighted by Crippen LogP contribution is 2.28. The topological polar surface area (TPSA) is 26.3 Å². The molecular weight excluding hydrogens is 267 g/mol. The Labute approximate surface area is 106 Å². The highest BCUT2D eigenvalue weighted by molar-refractivity contribution is 7.12. The number of hydrogen-bond acceptors (Lipinski definition) is 3. The molecule has 0 unspecified atom stereocenters. The molecule has 2 aromatic rings. The Morgan fingerprint density at radius 1 is 1.25 bits per heavy atom. The van der Waals surface area contributed by atoms with Gasteiger partial charge in [-0.3, -0.25) is 0 Å². The van der Waals surface area contributed by atoms with Crippen molar-refractivity contribution in [3.8, 4) is 5.75 Å². The molecule has 1 aromatic heterocycles. The fraction of sp³-hybridized carbons (Fsp3) is 0. The Hall–Kier alpha value is -1.03. The predicted molar refractivity (Wildman–Crippen MR) is 65.7 cm³/mol. The first-order valence-electron chi connectivity index (χ1n) is 4.37. The van der Waals surface area contributed by atoms with Gasteiger partial charge in [0, 0.05) is 11.1 Å². The van der Waals surface area contributed by atoms with Gasteiger partial charge in [-0.15, -0.1) is 11.3 Å². The minimum atomic E-state index is -0.431. The van der Waals surface area contributed by atoms with Crippen LogP contribution in [-0.2, 0) is 0 Å². The lowest BCUT2D eigenvalue weighted by Crippen LogP contribution is -2.06. The molecule has 5 heteroatoms. The van der Waals surface area contributed by atoms with Gasteiger partial charge in [-0.1, -0.05) is 29.3 Å². The zero-order valence-corrected chi connectivity index (χ0v) is 10.3. The molecule has 0 aliphatic rings. The molecule has 0 saturated carbocycles. The second kappa shape index (κ2) is 4.87. The summed E-state index contributed by atoms with van der Waals surface area (Å²) in [6, 6.07) is 8.19. The van der Waals surface area contributed by atoms with E-state index in [1.807, 2.05) is 0 Å². The van der Waals surface area contributed by atoms with Gasteiger partial charge in [-0.2, -0.15) is 0 Å². The maximum atomic E-state index is 11.6. The zero-order valence-electron chi connectivity index (χ0n) is 7.94. The third kappa shape index (κ3) is 2.55. The van der Waals surface area contributed by atoms with Crippen LogP contribution in [0, 0.1) is 0 Å². The molecule has 0 N–H and O–H groups in total. The summed E-state index contributed by atoms with van der Waals surface area (Å²) in [5.41, 5.74) is 0. The lowest BCUT2D eigenvalue weighted by atomic mass is 10.3. The molecule has 0 fully saturated rings. The van der Waals surface area contributed by atoms with Gasteiger partial charge in [-0.05, 0) is 23.6 Å². The molecule has 0 radical (unpaired) electrons. The van der Waals surface area contributed by atoms with Gasteiger partial charge in [0.1, 0.15) is 4.88 Å². The van der Waals surface area contributed by atoms with Gasteiger partial charge >= 0.3 is 5.97 Å². The first kappa shape index (κ1) is 11.5. The monoisotopic (exact) mass is 272 g/mol. The van der Waals surface area contributed by atoms with Crippen molar-refractivity contribution in [2.45, 2.75) is 0 Å². The molecule has 0 saturated heterocycles. The van der Waals surface area contributed by atoms with E-state index in [2.05, 4.69) is 0 Å². The summed E-state index contributed by atoms with van der Waals surface area (Å²) in [6.45, 7) is 0. The normalized spacial score (nSPS) is 10.1. The van der Waals surface area contributed by atoms with Gasteiger partial charge < -0.3 is 4.74 Å². The van der Waals surface area contributed by atoms with Crippen molar-refractivity contribution in [2.24, 2.45) is 0 Å². The van der Waals surface area contributed by atoms with E-state index in [4.69, 9.17) is 27.9 Å². The van der Waals surface area contributed by atoms with E-state index < -0.39 is 5.97 Å². The number of rotatable bonds is 2. The molecule has 0 bridgehead atoms. The molecule has 0 amide bonds. The molecule has 0 aliphatic heterocycles. The number of hydrogen-bond donors (Lipinski definition) is 0. The Bertz CT molecular complexity index is 509. The van der Waals surface area contributed by atoms with Crippen LogP contribution < -0.4 is 4.74 Å². The number of thiophene rings is 1. The van der Waals surface area contributed by atoms with Crippen LogP contribution >= 0.6 is 34.5 Å². The van der Waals surface area contributed by atoms with Crippen LogP contribution in [0.1, 0.15) is 9.67 Å². The Kier molecular flexibility index (Phi) is 3.49. The average Bonchev–Trinajstić information content (AvgIpc) is 2.76. The summed E-state index contributed by atoms with van der Waals surface area (Å²) in [7, 11) is 0. The first-order valence-corrected chi connectivity index (χ1v) is 6.01. The van der Waals surface area contributed by atoms with Crippen LogP contribution in [0.2, 0.25) is 10.0 Å². The maximum absolute atomic E-state index is 11.6. The Balaban J connectivity index is 2.21. The van der Waals surface area contributed by atoms with Crippen LogP contribution in [-0.4, -0.2) is 5.97 Å². The molecule has 16 heavy (non-hydrogen) atoms. The highest BCUT2D eigenvalue weighted by Gasteiger charge is 2.12. The van der Waals surface area contributed by atoms with Crippen molar-refractivity contribution in [3.63, 3.8) is 0 Å². The second-order valence-corrected chi connectivity index (χ2v) is 4.73. The maximum Gasteiger partial charge on any atom is 0.353 e. The smallest absolute Gasteiger partial charge is 0.353 e. The Morgan fingerprint density at radius 3 is 2.75 bits per heavy atom. The first-order chi connectivity index (χ1) is 7.66. The summed E-state index contributed by atoms with van der Waals surface area (Å²) in [4.78, 5) is 12.1. The highest BCUT2D eigenvalue weighted by atomic mass is 35.5. The molecule has 82 valence electrons. The molecule has 0 spiro atoms. The predicted octanol–water partition coefficient (Wildman–Crippen LogP) is 4.27. The zero-order chi connectivity index (χ0) is 11.5. The third-order valence-corrected chi connectivity index (χ3v) is 3.22. The molecule has 1 heterocycles. The van der Waals surface area contributed by atoms with Gasteiger partial charge in [0.25, 0.3) is 0 Å². The van der Waals surface area contributed by atoms with Crippen molar-refractivity contribution >= 4 is 40.5 Å². The van der Waals surface area contributed by atoms with Crippen LogP contribution in [0.15, 0.2) is 35.7 Å². The molecule has 2 rings (SSSR count). The number of halogens is 2. The van der Waals surface area contributed by atoms with Crippen LogP contribution in [0.5, 0.6) is 5.75 Å². The quantitative estimate of drug-likeness (QED) is 0.603. The van der Waals surface area contributed by atoms with Crippen LogP contribution in [0.3, 0.4) is 0 Å². The van der Waals surface area contributed by atoms with E-state index in [1.165, 1.54) is 17.4 Å². The van der Waals surface area contributed by atoms with Gasteiger partial charge in [0.15, 0.2) is 5.75 Å². The number of ether oxygens (including phenoxy) is 1. The van der Waals surface area contributed by atoms with E-state index in [1.54, 1.807) is 29.6 Å². The largest absolute Gasteiger partial charge is 0.421 e.